The van der Waals surface area contributed by atoms with Crippen LogP contribution in [0, 0.1) is 29.3 Å². The average molecular weight is 157 g/mol. The standard InChI is InChI=1S/C9H5N2O/c10-4-7-1-2-8(5-11)9(3-7)6-12/h1-3,6,12H. The highest BCUT2D eigenvalue weighted by Crippen LogP contribution is 2.11. The van der Waals surface area contributed by atoms with Crippen LogP contribution in [0.4, 0.5) is 0 Å². The summed E-state index contributed by atoms with van der Waals surface area (Å²) in [7, 11) is 0. The number of aliphatic hydroxyl groups is 1. The summed E-state index contributed by atoms with van der Waals surface area (Å²) in [6, 6.07) is 8.30. The van der Waals surface area contributed by atoms with Gasteiger partial charge in [-0.25, -0.2) is 0 Å². The van der Waals surface area contributed by atoms with Crippen LogP contribution in [0.5, 0.6) is 0 Å². The van der Waals surface area contributed by atoms with Gasteiger partial charge in [0.2, 0.25) is 0 Å². The minimum Gasteiger partial charge on any atom is -0.385 e. The van der Waals surface area contributed by atoms with E-state index < -0.39 is 0 Å². The van der Waals surface area contributed by atoms with Gasteiger partial charge in [0.25, 0.3) is 0 Å². The smallest absolute Gasteiger partial charge is 0.110 e. The third-order valence-corrected chi connectivity index (χ3v) is 1.44. The second kappa shape index (κ2) is 3.52. The van der Waals surface area contributed by atoms with E-state index in [0.29, 0.717) is 16.7 Å². The van der Waals surface area contributed by atoms with Crippen LogP contribution in [0.15, 0.2) is 18.2 Å². The number of nitrogens with zero attached hydrogens (tertiary/aromatic N) is 2. The summed E-state index contributed by atoms with van der Waals surface area (Å²) in [5.74, 6) is 0. The van der Waals surface area contributed by atoms with Crippen LogP contribution in [-0.2, 0) is 0 Å². The fourth-order valence-corrected chi connectivity index (χ4v) is 0.841. The van der Waals surface area contributed by atoms with Crippen LogP contribution in [-0.4, -0.2) is 5.11 Å². The van der Waals surface area contributed by atoms with Gasteiger partial charge in [-0.3, -0.25) is 0 Å². The summed E-state index contributed by atoms with van der Waals surface area (Å²) in [6.45, 7) is 0.819. The van der Waals surface area contributed by atoms with Crippen LogP contribution in [0.2, 0.25) is 0 Å². The van der Waals surface area contributed by atoms with Crippen LogP contribution >= 0.6 is 0 Å². The molecule has 0 fully saturated rings. The lowest BCUT2D eigenvalue weighted by atomic mass is 10.1. The minimum absolute atomic E-state index is 0.358. The molecule has 0 saturated heterocycles. The lowest BCUT2D eigenvalue weighted by Gasteiger charge is -1.97. The summed E-state index contributed by atoms with van der Waals surface area (Å²) in [6.07, 6.45) is 0. The van der Waals surface area contributed by atoms with E-state index >= 15 is 0 Å². The third-order valence-electron chi connectivity index (χ3n) is 1.44. The molecule has 1 rings (SSSR count). The molecule has 0 aliphatic heterocycles. The van der Waals surface area contributed by atoms with Crippen LogP contribution in [0.1, 0.15) is 16.7 Å². The predicted octanol–water partition coefficient (Wildman–Crippen LogP) is 1.31. The Hall–Kier alpha value is -1.84. The van der Waals surface area contributed by atoms with Crippen molar-refractivity contribution in [2.75, 3.05) is 0 Å². The molecule has 0 unspecified atom stereocenters. The number of nitriles is 2. The van der Waals surface area contributed by atoms with Crippen LogP contribution in [0.25, 0.3) is 0 Å². The van der Waals surface area contributed by atoms with Gasteiger partial charge in [0.15, 0.2) is 0 Å². The highest BCUT2D eigenvalue weighted by molar-refractivity contribution is 5.46. The van der Waals surface area contributed by atoms with Crippen molar-refractivity contribution in [1.82, 2.24) is 0 Å². The molecule has 1 aromatic rings. The number of hydrogen-bond acceptors (Lipinski definition) is 3. The summed E-state index contributed by atoms with van der Waals surface area (Å²) in [4.78, 5) is 0. The lowest BCUT2D eigenvalue weighted by molar-refractivity contribution is 0.414. The van der Waals surface area contributed by atoms with Gasteiger partial charge >= 0.3 is 0 Å². The monoisotopic (exact) mass is 157 g/mol. The van der Waals surface area contributed by atoms with E-state index in [2.05, 4.69) is 0 Å². The Morgan fingerprint density at radius 3 is 2.50 bits per heavy atom. The van der Waals surface area contributed by atoms with Gasteiger partial charge in [-0.05, 0) is 18.2 Å². The highest BCUT2D eigenvalue weighted by Gasteiger charge is 2.01. The number of rotatable bonds is 1. The van der Waals surface area contributed by atoms with Gasteiger partial charge in [-0.15, -0.1) is 0 Å². The molecule has 0 saturated carbocycles. The SMILES string of the molecule is N#Cc1ccc(C#N)c([CH]O)c1. The molecule has 0 aliphatic carbocycles. The number of benzene rings is 1. The van der Waals surface area contributed by atoms with E-state index in [4.69, 9.17) is 15.6 Å². The van der Waals surface area contributed by atoms with Gasteiger partial charge in [-0.1, -0.05) is 0 Å². The molecule has 0 heterocycles. The van der Waals surface area contributed by atoms with E-state index in [9.17, 15) is 0 Å². The van der Waals surface area contributed by atoms with Crippen LogP contribution < -0.4 is 0 Å². The van der Waals surface area contributed by atoms with E-state index in [-0.39, 0.29) is 0 Å². The fourth-order valence-electron chi connectivity index (χ4n) is 0.841. The second-order valence-electron chi connectivity index (χ2n) is 2.15. The van der Waals surface area contributed by atoms with Gasteiger partial charge in [0.05, 0.1) is 23.3 Å². The maximum atomic E-state index is 8.68. The Labute approximate surface area is 70.1 Å². The quantitative estimate of drug-likeness (QED) is 0.668. The first-order valence-electron chi connectivity index (χ1n) is 3.23. The van der Waals surface area contributed by atoms with E-state index in [1.807, 2.05) is 12.1 Å². The molecular formula is C9H5N2O. The first-order chi connectivity index (χ1) is 5.81. The molecule has 0 spiro atoms. The Kier molecular flexibility index (Phi) is 2.42. The van der Waals surface area contributed by atoms with Crippen molar-refractivity contribution in [1.29, 1.82) is 10.5 Å². The van der Waals surface area contributed by atoms with Gasteiger partial charge < -0.3 is 5.11 Å². The molecule has 1 aromatic carbocycles. The molecular weight excluding hydrogens is 152 g/mol. The van der Waals surface area contributed by atoms with E-state index in [1.165, 1.54) is 18.2 Å². The summed E-state index contributed by atoms with van der Waals surface area (Å²) in [5.41, 5.74) is 1.15. The number of aliphatic hydroxyl groups excluding tert-OH is 1. The zero-order valence-electron chi connectivity index (χ0n) is 6.15. The molecule has 0 aromatic heterocycles. The molecule has 1 radical (unpaired) electrons. The summed E-state index contributed by atoms with van der Waals surface area (Å²) >= 11 is 0. The molecule has 0 atom stereocenters. The zero-order valence-corrected chi connectivity index (χ0v) is 6.15. The van der Waals surface area contributed by atoms with Crippen molar-refractivity contribution in [3.8, 4) is 12.1 Å². The normalized spacial score (nSPS) is 8.58. The first-order valence-corrected chi connectivity index (χ1v) is 3.23. The number of hydrogen-bond donors (Lipinski definition) is 1. The van der Waals surface area contributed by atoms with Crippen molar-refractivity contribution in [3.05, 3.63) is 41.5 Å². The maximum absolute atomic E-state index is 8.68. The Morgan fingerprint density at radius 1 is 1.25 bits per heavy atom. The van der Waals surface area contributed by atoms with Gasteiger partial charge in [0, 0.05) is 5.56 Å². The molecule has 3 heteroatoms. The minimum atomic E-state index is 0.358. The Morgan fingerprint density at radius 2 is 2.00 bits per heavy atom. The first kappa shape index (κ1) is 8.26. The second-order valence-corrected chi connectivity index (χ2v) is 2.15. The largest absolute Gasteiger partial charge is 0.385 e. The van der Waals surface area contributed by atoms with E-state index in [1.54, 1.807) is 0 Å². The Bertz CT molecular complexity index is 371. The molecule has 0 aliphatic rings. The lowest BCUT2D eigenvalue weighted by Crippen LogP contribution is -1.88. The third kappa shape index (κ3) is 1.42. The van der Waals surface area contributed by atoms with E-state index in [0.717, 1.165) is 6.61 Å². The van der Waals surface area contributed by atoms with Crippen molar-refractivity contribution >= 4 is 0 Å². The summed E-state index contributed by atoms with van der Waals surface area (Å²) < 4.78 is 0. The van der Waals surface area contributed by atoms with Gasteiger partial charge in [0.1, 0.15) is 6.61 Å². The fraction of sp³-hybridized carbons (Fsp3) is 0. The molecule has 0 amide bonds. The maximum Gasteiger partial charge on any atom is 0.110 e. The van der Waals surface area contributed by atoms with Crippen molar-refractivity contribution in [2.24, 2.45) is 0 Å². The van der Waals surface area contributed by atoms with Crippen molar-refractivity contribution in [2.45, 2.75) is 0 Å². The topological polar surface area (TPSA) is 67.8 Å². The van der Waals surface area contributed by atoms with Crippen molar-refractivity contribution in [3.63, 3.8) is 0 Å². The highest BCUT2D eigenvalue weighted by atomic mass is 16.3. The van der Waals surface area contributed by atoms with Crippen LogP contribution in [0.3, 0.4) is 0 Å². The molecule has 12 heavy (non-hydrogen) atoms. The molecule has 57 valence electrons. The average Bonchev–Trinajstić information content (AvgIpc) is 2.16. The molecule has 1 N–H and O–H groups in total. The predicted molar refractivity (Wildman–Crippen MR) is 41.2 cm³/mol. The zero-order chi connectivity index (χ0) is 8.97. The molecule has 3 nitrogen and oxygen atoms in total. The van der Waals surface area contributed by atoms with Crippen molar-refractivity contribution < 1.29 is 5.11 Å². The molecule has 0 bridgehead atoms. The Balaban J connectivity index is 3.24. The van der Waals surface area contributed by atoms with Gasteiger partial charge in [-0.2, -0.15) is 10.5 Å². The summed E-state index contributed by atoms with van der Waals surface area (Å²) in [5, 5.41) is 25.7.